The molecule has 0 fully saturated rings. The predicted molar refractivity (Wildman–Crippen MR) is 114 cm³/mol. The van der Waals surface area contributed by atoms with E-state index in [1.54, 1.807) is 0 Å². The van der Waals surface area contributed by atoms with Gasteiger partial charge >= 0.3 is 0 Å². The lowest BCUT2D eigenvalue weighted by Gasteiger charge is -2.23. The Balaban J connectivity index is 1.86. The SMILES string of the molecule is CCc1ccc([C@H](NCC(=O)NCc2ccc(N(C)C)cc2)C(C)C)cc1. The van der Waals surface area contributed by atoms with Crippen molar-refractivity contribution in [3.05, 3.63) is 65.2 Å². The van der Waals surface area contributed by atoms with E-state index in [0.29, 0.717) is 19.0 Å². The van der Waals surface area contributed by atoms with Gasteiger partial charge in [0.15, 0.2) is 0 Å². The van der Waals surface area contributed by atoms with Gasteiger partial charge in [0.1, 0.15) is 0 Å². The molecule has 27 heavy (non-hydrogen) atoms. The van der Waals surface area contributed by atoms with Crippen molar-refractivity contribution >= 4 is 11.6 Å². The molecule has 1 amide bonds. The molecule has 2 rings (SSSR count). The number of aryl methyl sites for hydroxylation is 1. The van der Waals surface area contributed by atoms with Crippen LogP contribution in [0.15, 0.2) is 48.5 Å². The van der Waals surface area contributed by atoms with E-state index in [9.17, 15) is 4.79 Å². The largest absolute Gasteiger partial charge is 0.378 e. The summed E-state index contributed by atoms with van der Waals surface area (Å²) in [6.45, 7) is 7.37. The first-order valence-electron chi connectivity index (χ1n) is 9.76. The van der Waals surface area contributed by atoms with Crippen LogP contribution in [0.25, 0.3) is 0 Å². The monoisotopic (exact) mass is 367 g/mol. The standard InChI is InChI=1S/C23H33N3O/c1-6-18-7-11-20(12-8-18)23(17(2)3)25-16-22(27)24-15-19-9-13-21(14-10-19)26(4)5/h7-14,17,23,25H,6,15-16H2,1-5H3,(H,24,27)/t23-/m1/s1. The maximum Gasteiger partial charge on any atom is 0.234 e. The first-order chi connectivity index (χ1) is 12.9. The van der Waals surface area contributed by atoms with Gasteiger partial charge in [-0.05, 0) is 41.2 Å². The summed E-state index contributed by atoms with van der Waals surface area (Å²) in [5.74, 6) is 0.423. The van der Waals surface area contributed by atoms with Gasteiger partial charge in [-0.15, -0.1) is 0 Å². The molecule has 0 aliphatic rings. The fourth-order valence-electron chi connectivity index (χ4n) is 3.08. The minimum absolute atomic E-state index is 0.0162. The Morgan fingerprint density at radius 1 is 0.963 bits per heavy atom. The summed E-state index contributed by atoms with van der Waals surface area (Å²) in [5, 5.41) is 6.41. The number of nitrogens with zero attached hydrogens (tertiary/aromatic N) is 1. The van der Waals surface area contributed by atoms with E-state index in [0.717, 1.165) is 17.7 Å². The second kappa shape index (κ2) is 10.1. The predicted octanol–water partition coefficient (Wildman–Crippen LogP) is 3.92. The Bertz CT molecular complexity index is 705. The number of hydrogen-bond donors (Lipinski definition) is 2. The molecule has 0 saturated carbocycles. The highest BCUT2D eigenvalue weighted by Crippen LogP contribution is 2.22. The lowest BCUT2D eigenvalue weighted by Crippen LogP contribution is -2.37. The van der Waals surface area contributed by atoms with Crippen LogP contribution in [0.2, 0.25) is 0 Å². The average Bonchev–Trinajstić information content (AvgIpc) is 2.67. The highest BCUT2D eigenvalue weighted by Gasteiger charge is 2.16. The first-order valence-corrected chi connectivity index (χ1v) is 9.76. The van der Waals surface area contributed by atoms with Crippen molar-refractivity contribution < 1.29 is 4.79 Å². The van der Waals surface area contributed by atoms with E-state index >= 15 is 0 Å². The molecule has 4 heteroatoms. The number of nitrogens with one attached hydrogen (secondary N) is 2. The Hall–Kier alpha value is -2.33. The number of carbonyl (C=O) groups excluding carboxylic acids is 1. The second-order valence-corrected chi connectivity index (χ2v) is 7.54. The molecule has 0 spiro atoms. The Labute approximate surface area is 164 Å². The van der Waals surface area contributed by atoms with Gasteiger partial charge < -0.3 is 15.5 Å². The fourth-order valence-corrected chi connectivity index (χ4v) is 3.08. The Morgan fingerprint density at radius 2 is 1.56 bits per heavy atom. The molecule has 0 bridgehead atoms. The summed E-state index contributed by atoms with van der Waals surface area (Å²) < 4.78 is 0. The summed E-state index contributed by atoms with van der Waals surface area (Å²) in [4.78, 5) is 14.3. The Morgan fingerprint density at radius 3 is 2.07 bits per heavy atom. The van der Waals surface area contributed by atoms with Gasteiger partial charge in [-0.25, -0.2) is 0 Å². The highest BCUT2D eigenvalue weighted by molar-refractivity contribution is 5.78. The molecule has 0 heterocycles. The van der Waals surface area contributed by atoms with Crippen LogP contribution in [-0.4, -0.2) is 26.5 Å². The maximum atomic E-state index is 12.3. The van der Waals surface area contributed by atoms with Crippen LogP contribution in [0.5, 0.6) is 0 Å². The van der Waals surface area contributed by atoms with Gasteiger partial charge in [-0.1, -0.05) is 57.2 Å². The van der Waals surface area contributed by atoms with E-state index in [1.165, 1.54) is 11.1 Å². The van der Waals surface area contributed by atoms with Crippen molar-refractivity contribution in [1.82, 2.24) is 10.6 Å². The zero-order chi connectivity index (χ0) is 19.8. The molecule has 0 radical (unpaired) electrons. The minimum Gasteiger partial charge on any atom is -0.378 e. The number of carbonyl (C=O) groups is 1. The molecule has 1 atom stereocenters. The second-order valence-electron chi connectivity index (χ2n) is 7.54. The smallest absolute Gasteiger partial charge is 0.234 e. The lowest BCUT2D eigenvalue weighted by molar-refractivity contribution is -0.120. The summed E-state index contributed by atoms with van der Waals surface area (Å²) in [6, 6.07) is 17.1. The third-order valence-corrected chi connectivity index (χ3v) is 4.84. The van der Waals surface area contributed by atoms with E-state index in [4.69, 9.17) is 0 Å². The number of amides is 1. The Kier molecular flexibility index (Phi) is 7.86. The zero-order valence-electron chi connectivity index (χ0n) is 17.3. The average molecular weight is 368 g/mol. The number of hydrogen-bond acceptors (Lipinski definition) is 3. The molecule has 0 aliphatic heterocycles. The molecule has 2 N–H and O–H groups in total. The minimum atomic E-state index is 0.0162. The summed E-state index contributed by atoms with van der Waals surface area (Å²) in [7, 11) is 4.03. The van der Waals surface area contributed by atoms with Crippen LogP contribution in [0.1, 0.15) is 43.5 Å². The molecule has 0 aromatic heterocycles. The first kappa shape index (κ1) is 21.0. The van der Waals surface area contributed by atoms with Crippen molar-refractivity contribution in [3.8, 4) is 0 Å². The van der Waals surface area contributed by atoms with E-state index in [1.807, 2.05) is 14.1 Å². The lowest BCUT2D eigenvalue weighted by atomic mass is 9.95. The molecule has 0 saturated heterocycles. The van der Waals surface area contributed by atoms with Crippen molar-refractivity contribution in [2.45, 2.75) is 39.8 Å². The van der Waals surface area contributed by atoms with Gasteiger partial charge in [-0.2, -0.15) is 0 Å². The molecule has 4 nitrogen and oxygen atoms in total. The third-order valence-electron chi connectivity index (χ3n) is 4.84. The quantitative estimate of drug-likeness (QED) is 0.706. The number of benzene rings is 2. The third kappa shape index (κ3) is 6.40. The zero-order valence-corrected chi connectivity index (χ0v) is 17.3. The number of rotatable bonds is 9. The topological polar surface area (TPSA) is 44.4 Å². The summed E-state index contributed by atoms with van der Waals surface area (Å²) in [5.41, 5.74) is 4.82. The maximum absolute atomic E-state index is 12.3. The van der Waals surface area contributed by atoms with Crippen LogP contribution >= 0.6 is 0 Å². The van der Waals surface area contributed by atoms with Gasteiger partial charge in [0, 0.05) is 32.4 Å². The molecule has 0 aliphatic carbocycles. The van der Waals surface area contributed by atoms with E-state index < -0.39 is 0 Å². The molecule has 2 aromatic rings. The van der Waals surface area contributed by atoms with Crippen LogP contribution < -0.4 is 15.5 Å². The highest BCUT2D eigenvalue weighted by atomic mass is 16.1. The van der Waals surface area contributed by atoms with E-state index in [-0.39, 0.29) is 11.9 Å². The summed E-state index contributed by atoms with van der Waals surface area (Å²) >= 11 is 0. The van der Waals surface area contributed by atoms with Crippen molar-refractivity contribution in [1.29, 1.82) is 0 Å². The van der Waals surface area contributed by atoms with Crippen molar-refractivity contribution in [2.75, 3.05) is 25.5 Å². The molecule has 2 aromatic carbocycles. The van der Waals surface area contributed by atoms with Crippen LogP contribution in [0.3, 0.4) is 0 Å². The van der Waals surface area contributed by atoms with Crippen LogP contribution in [0, 0.1) is 5.92 Å². The summed E-state index contributed by atoms with van der Waals surface area (Å²) in [6.07, 6.45) is 1.04. The van der Waals surface area contributed by atoms with Gasteiger partial charge in [0.05, 0.1) is 6.54 Å². The van der Waals surface area contributed by atoms with Crippen molar-refractivity contribution in [2.24, 2.45) is 5.92 Å². The van der Waals surface area contributed by atoms with Gasteiger partial charge in [0.25, 0.3) is 0 Å². The normalized spacial score (nSPS) is 12.1. The van der Waals surface area contributed by atoms with Crippen LogP contribution in [0.4, 0.5) is 5.69 Å². The molecule has 146 valence electrons. The van der Waals surface area contributed by atoms with Gasteiger partial charge in [-0.3, -0.25) is 4.79 Å². The van der Waals surface area contributed by atoms with Gasteiger partial charge in [0.2, 0.25) is 5.91 Å². The molecular weight excluding hydrogens is 334 g/mol. The number of anilines is 1. The molecular formula is C23H33N3O. The van der Waals surface area contributed by atoms with E-state index in [2.05, 4.69) is 84.8 Å². The molecule has 0 unspecified atom stereocenters. The van der Waals surface area contributed by atoms with Crippen molar-refractivity contribution in [3.63, 3.8) is 0 Å². The fraction of sp³-hybridized carbons (Fsp3) is 0.435. The van der Waals surface area contributed by atoms with Crippen LogP contribution in [-0.2, 0) is 17.8 Å².